The molecule has 4 nitrogen and oxygen atoms in total. The highest BCUT2D eigenvalue weighted by Crippen LogP contribution is 2.23. The van der Waals surface area contributed by atoms with Gasteiger partial charge in [0.2, 0.25) is 0 Å². The van der Waals surface area contributed by atoms with Gasteiger partial charge in [0.1, 0.15) is 25.4 Å². The lowest BCUT2D eigenvalue weighted by Crippen LogP contribution is -2.80. The number of carboxylic acids is 1. The second kappa shape index (κ2) is 9.60. The molecular formula is C22H19Cl2NO3. The summed E-state index contributed by atoms with van der Waals surface area (Å²) < 4.78 is 5.85. The Balaban J connectivity index is 1.52. The molecule has 0 aliphatic rings. The quantitative estimate of drug-likeness (QED) is 0.614. The number of rotatable bonds is 8. The van der Waals surface area contributed by atoms with Crippen molar-refractivity contribution in [2.24, 2.45) is 0 Å². The minimum atomic E-state index is -1.16. The van der Waals surface area contributed by atoms with Crippen LogP contribution >= 0.6 is 23.2 Å². The summed E-state index contributed by atoms with van der Waals surface area (Å²) in [6, 6.07) is 20.0. The molecule has 6 heteroatoms. The van der Waals surface area contributed by atoms with Crippen molar-refractivity contribution in [2.45, 2.75) is 19.7 Å². The normalized spacial score (nSPS) is 10.6. The summed E-state index contributed by atoms with van der Waals surface area (Å²) >= 11 is 12.1. The van der Waals surface area contributed by atoms with Crippen LogP contribution in [0.25, 0.3) is 0 Å². The van der Waals surface area contributed by atoms with Crippen molar-refractivity contribution < 1.29 is 20.0 Å². The average Bonchev–Trinajstić information content (AvgIpc) is 2.68. The molecule has 28 heavy (non-hydrogen) atoms. The minimum Gasteiger partial charge on any atom is -0.545 e. The Morgan fingerprint density at radius 2 is 1.68 bits per heavy atom. The lowest BCUT2D eigenvalue weighted by molar-refractivity contribution is -0.686. The predicted molar refractivity (Wildman–Crippen MR) is 107 cm³/mol. The van der Waals surface area contributed by atoms with Crippen LogP contribution in [0, 0.1) is 0 Å². The molecule has 0 amide bonds. The number of ether oxygens (including phenoxy) is 1. The summed E-state index contributed by atoms with van der Waals surface area (Å²) in [6.45, 7) is 1.90. The molecule has 0 radical (unpaired) electrons. The van der Waals surface area contributed by atoms with E-state index in [0.29, 0.717) is 16.7 Å². The number of aromatic carboxylic acids is 1. The molecule has 3 rings (SSSR count). The van der Waals surface area contributed by atoms with Gasteiger partial charge in [-0.05, 0) is 29.8 Å². The second-order valence-corrected chi connectivity index (χ2v) is 7.20. The maximum Gasteiger partial charge on any atom is 0.120 e. The van der Waals surface area contributed by atoms with E-state index >= 15 is 0 Å². The molecule has 0 aliphatic heterocycles. The fraction of sp³-hybridized carbons (Fsp3) is 0.136. The van der Waals surface area contributed by atoms with E-state index in [1.807, 2.05) is 30.3 Å². The summed E-state index contributed by atoms with van der Waals surface area (Å²) in [5, 5.41) is 14.1. The van der Waals surface area contributed by atoms with Gasteiger partial charge in [-0.25, -0.2) is 0 Å². The van der Waals surface area contributed by atoms with Crippen molar-refractivity contribution in [3.63, 3.8) is 0 Å². The Hall–Kier alpha value is -2.53. The van der Waals surface area contributed by atoms with Gasteiger partial charge in [0.25, 0.3) is 0 Å². The highest BCUT2D eigenvalue weighted by molar-refractivity contribution is 6.35. The van der Waals surface area contributed by atoms with Crippen LogP contribution in [-0.4, -0.2) is 5.97 Å². The first-order valence-electron chi connectivity index (χ1n) is 8.79. The number of carbonyl (C=O) groups is 1. The van der Waals surface area contributed by atoms with Crippen LogP contribution in [0.3, 0.4) is 0 Å². The molecule has 0 unspecified atom stereocenters. The Bertz CT molecular complexity index is 958. The third kappa shape index (κ3) is 5.73. The molecule has 0 bridgehead atoms. The predicted octanol–water partition coefficient (Wildman–Crippen LogP) is 3.20. The number of hydrogen-bond donors (Lipinski definition) is 1. The van der Waals surface area contributed by atoms with Crippen molar-refractivity contribution in [2.75, 3.05) is 0 Å². The zero-order chi connectivity index (χ0) is 19.9. The van der Waals surface area contributed by atoms with E-state index in [1.165, 1.54) is 0 Å². The maximum absolute atomic E-state index is 10.8. The van der Waals surface area contributed by atoms with Crippen molar-refractivity contribution >= 4 is 29.2 Å². The smallest absolute Gasteiger partial charge is 0.120 e. The standard InChI is InChI=1S/C22H19Cl2NO3/c23-19-9-8-18(21(24)11-19)14-28-20-3-1-2-16(10-20)13-25-12-15-4-6-17(7-5-15)22(26)27/h1-11,25H,12-14H2,(H,26,27). The third-order valence-electron chi connectivity index (χ3n) is 4.26. The van der Waals surface area contributed by atoms with E-state index in [4.69, 9.17) is 27.9 Å². The number of quaternary nitrogens is 1. The van der Waals surface area contributed by atoms with Crippen LogP contribution in [-0.2, 0) is 19.7 Å². The maximum atomic E-state index is 10.8. The van der Waals surface area contributed by atoms with Crippen LogP contribution in [0.15, 0.2) is 66.7 Å². The van der Waals surface area contributed by atoms with Crippen LogP contribution in [0.4, 0.5) is 0 Å². The Kier molecular flexibility index (Phi) is 6.93. The van der Waals surface area contributed by atoms with E-state index in [-0.39, 0.29) is 5.56 Å². The van der Waals surface area contributed by atoms with Gasteiger partial charge in [-0.2, -0.15) is 0 Å². The van der Waals surface area contributed by atoms with E-state index in [9.17, 15) is 9.90 Å². The Morgan fingerprint density at radius 1 is 0.929 bits per heavy atom. The minimum absolute atomic E-state index is 0.189. The van der Waals surface area contributed by atoms with Crippen molar-refractivity contribution in [1.82, 2.24) is 0 Å². The average molecular weight is 416 g/mol. The first kappa shape index (κ1) is 20.2. The van der Waals surface area contributed by atoms with Crippen LogP contribution in [0.1, 0.15) is 27.0 Å². The summed E-state index contributed by atoms with van der Waals surface area (Å²) in [4.78, 5) is 10.8. The van der Waals surface area contributed by atoms with Gasteiger partial charge in [-0.15, -0.1) is 0 Å². The van der Waals surface area contributed by atoms with Crippen molar-refractivity contribution in [1.29, 1.82) is 0 Å². The number of carboxylic acid groups (broad SMARTS) is 1. The monoisotopic (exact) mass is 415 g/mol. The Morgan fingerprint density at radius 3 is 2.39 bits per heavy atom. The molecule has 0 aliphatic carbocycles. The van der Waals surface area contributed by atoms with E-state index in [1.54, 1.807) is 36.4 Å². The number of hydrogen-bond acceptors (Lipinski definition) is 3. The van der Waals surface area contributed by atoms with E-state index < -0.39 is 5.97 Å². The topological polar surface area (TPSA) is 66.0 Å². The largest absolute Gasteiger partial charge is 0.545 e. The van der Waals surface area contributed by atoms with Gasteiger partial charge >= 0.3 is 0 Å². The highest BCUT2D eigenvalue weighted by Gasteiger charge is 2.04. The second-order valence-electron chi connectivity index (χ2n) is 6.35. The number of carbonyl (C=O) groups excluding carboxylic acids is 1. The van der Waals surface area contributed by atoms with Crippen LogP contribution in [0.5, 0.6) is 5.75 Å². The molecule has 0 fully saturated rings. The van der Waals surface area contributed by atoms with Gasteiger partial charge in [0, 0.05) is 26.7 Å². The number of nitrogens with two attached hydrogens (primary N) is 1. The van der Waals surface area contributed by atoms with Crippen molar-refractivity contribution in [3.8, 4) is 5.75 Å². The number of halogens is 2. The summed E-state index contributed by atoms with van der Waals surface area (Å²) in [5.41, 5.74) is 3.25. The van der Waals surface area contributed by atoms with Gasteiger partial charge in [0.15, 0.2) is 0 Å². The zero-order valence-electron chi connectivity index (χ0n) is 15.0. The number of benzene rings is 3. The van der Waals surface area contributed by atoms with Gasteiger partial charge in [0.05, 0.1) is 5.97 Å². The summed E-state index contributed by atoms with van der Waals surface area (Å²) in [5.74, 6) is -0.387. The molecule has 0 saturated carbocycles. The van der Waals surface area contributed by atoms with E-state index in [2.05, 4.69) is 5.32 Å². The fourth-order valence-electron chi connectivity index (χ4n) is 2.74. The molecule has 0 atom stereocenters. The molecule has 144 valence electrons. The molecule has 3 aromatic carbocycles. The van der Waals surface area contributed by atoms with Gasteiger partial charge in [-0.1, -0.05) is 65.7 Å². The highest BCUT2D eigenvalue weighted by atomic mass is 35.5. The molecule has 0 spiro atoms. The molecule has 0 aromatic heterocycles. The zero-order valence-corrected chi connectivity index (χ0v) is 16.5. The van der Waals surface area contributed by atoms with Crippen molar-refractivity contribution in [3.05, 3.63) is 99.0 Å². The summed E-state index contributed by atoms with van der Waals surface area (Å²) in [6.07, 6.45) is 0. The van der Waals surface area contributed by atoms with Gasteiger partial charge < -0.3 is 20.0 Å². The lowest BCUT2D eigenvalue weighted by atomic mass is 10.1. The van der Waals surface area contributed by atoms with Gasteiger partial charge in [-0.3, -0.25) is 0 Å². The summed E-state index contributed by atoms with van der Waals surface area (Å²) in [7, 11) is 0. The molecule has 0 saturated heterocycles. The molecule has 2 N–H and O–H groups in total. The van der Waals surface area contributed by atoms with E-state index in [0.717, 1.165) is 35.5 Å². The molecule has 3 aromatic rings. The lowest BCUT2D eigenvalue weighted by Gasteiger charge is -2.09. The van der Waals surface area contributed by atoms with Crippen LogP contribution < -0.4 is 15.2 Å². The first-order chi connectivity index (χ1) is 13.5. The molecule has 0 heterocycles. The SMILES string of the molecule is O=C([O-])c1ccc(C[NH2+]Cc2cccc(OCc3ccc(Cl)cc3Cl)c2)cc1. The third-order valence-corrected chi connectivity index (χ3v) is 4.84. The van der Waals surface area contributed by atoms with Crippen LogP contribution in [0.2, 0.25) is 10.0 Å². The first-order valence-corrected chi connectivity index (χ1v) is 9.54. The fourth-order valence-corrected chi connectivity index (χ4v) is 3.21. The Labute approximate surface area is 173 Å². The molecular weight excluding hydrogens is 397 g/mol.